The maximum atomic E-state index is 13.3. The first-order valence-corrected chi connectivity index (χ1v) is 11.4. The molecule has 160 valence electrons. The first kappa shape index (κ1) is 21.2. The highest BCUT2D eigenvalue weighted by Crippen LogP contribution is 2.22. The maximum Gasteiger partial charge on any atom is 0.254 e. The van der Waals surface area contributed by atoms with Gasteiger partial charge in [0.2, 0.25) is 5.78 Å². The first-order valence-electron chi connectivity index (χ1n) is 10.5. The number of amides is 1. The zero-order valence-corrected chi connectivity index (χ0v) is 18.9. The van der Waals surface area contributed by atoms with E-state index >= 15 is 0 Å². The summed E-state index contributed by atoms with van der Waals surface area (Å²) in [6, 6.07) is 12.7. The monoisotopic (exact) mass is 434 g/mol. The van der Waals surface area contributed by atoms with E-state index in [2.05, 4.69) is 23.7 Å². The van der Waals surface area contributed by atoms with Gasteiger partial charge in [-0.1, -0.05) is 38.1 Å². The van der Waals surface area contributed by atoms with E-state index in [4.69, 9.17) is 4.98 Å². The number of nitrogens with zero attached hydrogens (tertiary/aromatic N) is 4. The van der Waals surface area contributed by atoms with Crippen molar-refractivity contribution in [2.75, 3.05) is 31.1 Å². The molecule has 3 heterocycles. The first-order chi connectivity index (χ1) is 14.9. The van der Waals surface area contributed by atoms with Crippen LogP contribution >= 0.6 is 11.3 Å². The molecule has 3 aromatic rings. The molecule has 7 heteroatoms. The largest absolute Gasteiger partial charge is 0.353 e. The summed E-state index contributed by atoms with van der Waals surface area (Å²) < 4.78 is 0. The van der Waals surface area contributed by atoms with Crippen LogP contribution in [0, 0.1) is 6.92 Å². The Hall–Kier alpha value is -3.06. The van der Waals surface area contributed by atoms with Gasteiger partial charge in [0.25, 0.3) is 5.91 Å². The molecule has 0 unspecified atom stereocenters. The molecule has 1 fully saturated rings. The van der Waals surface area contributed by atoms with Crippen molar-refractivity contribution in [1.82, 2.24) is 14.9 Å². The van der Waals surface area contributed by atoms with Crippen LogP contribution in [0.1, 0.15) is 56.9 Å². The van der Waals surface area contributed by atoms with E-state index in [1.807, 2.05) is 35.4 Å². The minimum atomic E-state index is -0.102. The van der Waals surface area contributed by atoms with Gasteiger partial charge in [-0.2, -0.15) is 0 Å². The Morgan fingerprint density at radius 1 is 0.968 bits per heavy atom. The van der Waals surface area contributed by atoms with Crippen molar-refractivity contribution in [1.29, 1.82) is 0 Å². The van der Waals surface area contributed by atoms with Crippen molar-refractivity contribution in [3.63, 3.8) is 0 Å². The van der Waals surface area contributed by atoms with Crippen LogP contribution in [0.2, 0.25) is 0 Å². The third-order valence-corrected chi connectivity index (χ3v) is 6.28. The average Bonchev–Trinajstić information content (AvgIpc) is 3.33. The van der Waals surface area contributed by atoms with Crippen molar-refractivity contribution in [3.8, 4) is 0 Å². The minimum Gasteiger partial charge on any atom is -0.353 e. The molecular formula is C24H26N4O2S. The molecule has 1 amide bonds. The highest BCUT2D eigenvalue weighted by Gasteiger charge is 2.26. The number of benzene rings is 1. The fraction of sp³-hybridized carbons (Fsp3) is 0.333. The number of aromatic nitrogens is 2. The SMILES string of the molecule is Cc1cc(N2CCN(C(=O)c3ccccc3C(=O)c3cccs3)CC2)nc(C(C)C)n1. The van der Waals surface area contributed by atoms with Gasteiger partial charge in [-0.3, -0.25) is 9.59 Å². The summed E-state index contributed by atoms with van der Waals surface area (Å²) in [4.78, 5) is 40.1. The fourth-order valence-electron chi connectivity index (χ4n) is 3.71. The summed E-state index contributed by atoms with van der Waals surface area (Å²) in [6.45, 7) is 8.72. The molecule has 0 N–H and O–H groups in total. The zero-order valence-electron chi connectivity index (χ0n) is 18.0. The molecule has 2 aromatic heterocycles. The number of ketones is 1. The normalized spacial score (nSPS) is 14.2. The van der Waals surface area contributed by atoms with Gasteiger partial charge in [0.15, 0.2) is 0 Å². The predicted octanol–water partition coefficient (Wildman–Crippen LogP) is 4.16. The molecule has 1 saturated heterocycles. The van der Waals surface area contributed by atoms with Crippen LogP contribution in [0.5, 0.6) is 0 Å². The van der Waals surface area contributed by atoms with Crippen LogP contribution in [0.4, 0.5) is 5.82 Å². The van der Waals surface area contributed by atoms with E-state index in [-0.39, 0.29) is 17.6 Å². The van der Waals surface area contributed by atoms with Crippen molar-refractivity contribution in [2.45, 2.75) is 26.7 Å². The van der Waals surface area contributed by atoms with Gasteiger partial charge in [0.05, 0.1) is 10.4 Å². The molecule has 0 radical (unpaired) electrons. The van der Waals surface area contributed by atoms with Crippen molar-refractivity contribution in [2.24, 2.45) is 0 Å². The predicted molar refractivity (Wildman–Crippen MR) is 123 cm³/mol. The second-order valence-corrected chi connectivity index (χ2v) is 8.96. The lowest BCUT2D eigenvalue weighted by molar-refractivity contribution is 0.0742. The molecule has 0 atom stereocenters. The lowest BCUT2D eigenvalue weighted by Crippen LogP contribution is -2.49. The number of rotatable bonds is 5. The number of hydrogen-bond acceptors (Lipinski definition) is 6. The molecule has 0 saturated carbocycles. The van der Waals surface area contributed by atoms with Crippen LogP contribution < -0.4 is 4.90 Å². The second kappa shape index (κ2) is 8.98. The van der Waals surface area contributed by atoms with E-state index in [9.17, 15) is 9.59 Å². The Morgan fingerprint density at radius 2 is 1.68 bits per heavy atom. The Balaban J connectivity index is 1.49. The Morgan fingerprint density at radius 3 is 2.32 bits per heavy atom. The van der Waals surface area contributed by atoms with E-state index in [1.54, 1.807) is 24.3 Å². The van der Waals surface area contributed by atoms with E-state index in [0.717, 1.165) is 17.3 Å². The smallest absolute Gasteiger partial charge is 0.254 e. The van der Waals surface area contributed by atoms with Crippen molar-refractivity contribution >= 4 is 28.8 Å². The van der Waals surface area contributed by atoms with E-state index < -0.39 is 0 Å². The van der Waals surface area contributed by atoms with Gasteiger partial charge in [-0.15, -0.1) is 11.3 Å². The van der Waals surface area contributed by atoms with Gasteiger partial charge in [-0.05, 0) is 24.4 Å². The molecule has 0 bridgehead atoms. The summed E-state index contributed by atoms with van der Waals surface area (Å²) in [5, 5.41) is 1.87. The Labute approximate surface area is 186 Å². The van der Waals surface area contributed by atoms with Crippen LogP contribution in [0.15, 0.2) is 47.8 Å². The number of carbonyl (C=O) groups excluding carboxylic acids is 2. The van der Waals surface area contributed by atoms with Crippen LogP contribution in [-0.2, 0) is 0 Å². The minimum absolute atomic E-state index is 0.0955. The number of aryl methyl sites for hydroxylation is 1. The lowest BCUT2D eigenvalue weighted by atomic mass is 10.0. The summed E-state index contributed by atoms with van der Waals surface area (Å²) in [5.41, 5.74) is 1.88. The van der Waals surface area contributed by atoms with Gasteiger partial charge in [0, 0.05) is 49.4 Å². The fourth-order valence-corrected chi connectivity index (χ4v) is 4.39. The molecule has 1 aliphatic rings. The highest BCUT2D eigenvalue weighted by atomic mass is 32.1. The summed E-state index contributed by atoms with van der Waals surface area (Å²) in [5.74, 6) is 1.82. The van der Waals surface area contributed by atoms with E-state index in [0.29, 0.717) is 42.2 Å². The van der Waals surface area contributed by atoms with Crippen molar-refractivity contribution in [3.05, 3.63) is 75.4 Å². The number of carbonyl (C=O) groups is 2. The van der Waals surface area contributed by atoms with E-state index in [1.165, 1.54) is 11.3 Å². The number of hydrogen-bond donors (Lipinski definition) is 0. The van der Waals surface area contributed by atoms with Crippen LogP contribution in [0.3, 0.4) is 0 Å². The molecule has 31 heavy (non-hydrogen) atoms. The Kier molecular flexibility index (Phi) is 6.13. The third kappa shape index (κ3) is 4.51. The highest BCUT2D eigenvalue weighted by molar-refractivity contribution is 7.12. The molecule has 0 spiro atoms. The third-order valence-electron chi connectivity index (χ3n) is 5.41. The number of thiophene rings is 1. The molecule has 6 nitrogen and oxygen atoms in total. The molecule has 1 aliphatic heterocycles. The topological polar surface area (TPSA) is 66.4 Å². The lowest BCUT2D eigenvalue weighted by Gasteiger charge is -2.36. The summed E-state index contributed by atoms with van der Waals surface area (Å²) >= 11 is 1.39. The van der Waals surface area contributed by atoms with Crippen LogP contribution in [-0.4, -0.2) is 52.7 Å². The Bertz CT molecular complexity index is 1090. The molecule has 0 aliphatic carbocycles. The van der Waals surface area contributed by atoms with Gasteiger partial charge < -0.3 is 9.80 Å². The average molecular weight is 435 g/mol. The molecule has 4 rings (SSSR count). The van der Waals surface area contributed by atoms with Crippen LogP contribution in [0.25, 0.3) is 0 Å². The maximum absolute atomic E-state index is 13.3. The second-order valence-electron chi connectivity index (χ2n) is 8.01. The standard InChI is InChI=1S/C24H26N4O2S/c1-16(2)23-25-17(3)15-21(26-23)27-10-12-28(13-11-27)24(30)19-8-5-4-7-18(19)22(29)20-9-6-14-31-20/h4-9,14-16H,10-13H2,1-3H3. The summed E-state index contributed by atoms with van der Waals surface area (Å²) in [6.07, 6.45) is 0. The number of anilines is 1. The quantitative estimate of drug-likeness (QED) is 0.564. The molecular weight excluding hydrogens is 408 g/mol. The zero-order chi connectivity index (χ0) is 22.0. The molecule has 1 aromatic carbocycles. The van der Waals surface area contributed by atoms with Gasteiger partial charge in [0.1, 0.15) is 11.6 Å². The van der Waals surface area contributed by atoms with Crippen molar-refractivity contribution < 1.29 is 9.59 Å². The van der Waals surface area contributed by atoms with Gasteiger partial charge >= 0.3 is 0 Å². The number of piperazine rings is 1. The van der Waals surface area contributed by atoms with Gasteiger partial charge in [-0.25, -0.2) is 9.97 Å². The summed E-state index contributed by atoms with van der Waals surface area (Å²) in [7, 11) is 0.